The molecule has 3 aromatic rings. The van der Waals surface area contributed by atoms with E-state index in [1.807, 2.05) is 79.7 Å². The van der Waals surface area contributed by atoms with Gasteiger partial charge in [0.1, 0.15) is 25.4 Å². The first-order chi connectivity index (χ1) is 14.6. The van der Waals surface area contributed by atoms with E-state index in [0.29, 0.717) is 43.4 Å². The van der Waals surface area contributed by atoms with Gasteiger partial charge in [0.25, 0.3) is 0 Å². The molecule has 0 aliphatic heterocycles. The molecule has 156 valence electrons. The Morgan fingerprint density at radius 2 is 1.37 bits per heavy atom. The summed E-state index contributed by atoms with van der Waals surface area (Å²) in [5, 5.41) is 0. The van der Waals surface area contributed by atoms with Crippen LogP contribution in [0.1, 0.15) is 21.5 Å². The van der Waals surface area contributed by atoms with Gasteiger partial charge in [-0.15, -0.1) is 0 Å². The number of carbonyl (C=O) groups excluding carboxylic acids is 1. The normalized spacial score (nSPS) is 10.6. The van der Waals surface area contributed by atoms with Crippen molar-refractivity contribution in [2.24, 2.45) is 0 Å². The number of benzene rings is 3. The van der Waals surface area contributed by atoms with Gasteiger partial charge in [-0.2, -0.15) is 0 Å². The van der Waals surface area contributed by atoms with Crippen molar-refractivity contribution in [1.29, 1.82) is 0 Å². The third kappa shape index (κ3) is 6.36. The third-order valence-electron chi connectivity index (χ3n) is 4.43. The lowest BCUT2D eigenvalue weighted by Gasteiger charge is -2.17. The first kappa shape index (κ1) is 21.4. The fourth-order valence-electron chi connectivity index (χ4n) is 2.80. The van der Waals surface area contributed by atoms with Crippen LogP contribution in [0.5, 0.6) is 11.5 Å². The van der Waals surface area contributed by atoms with Crippen molar-refractivity contribution in [3.05, 3.63) is 95.6 Å². The molecule has 5 heteroatoms. The van der Waals surface area contributed by atoms with Crippen molar-refractivity contribution in [3.63, 3.8) is 0 Å². The quantitative estimate of drug-likeness (QED) is 0.463. The number of rotatable bonds is 10. The lowest BCUT2D eigenvalue weighted by atomic mass is 10.1. The van der Waals surface area contributed by atoms with Crippen LogP contribution < -0.4 is 9.47 Å². The lowest BCUT2D eigenvalue weighted by Crippen LogP contribution is -2.20. The maximum absolute atomic E-state index is 12.7. The molecule has 30 heavy (non-hydrogen) atoms. The molecule has 0 heterocycles. The van der Waals surface area contributed by atoms with Crippen LogP contribution in [0.25, 0.3) is 0 Å². The standard InChI is InChI=1S/C25H27NO4/c1-26(2)16-17-28-25(27)22-14-9-15-23(29-18-20-10-5-3-6-11-20)24(22)30-19-21-12-7-4-8-13-21/h3-15H,16-19H2,1-2H3. The first-order valence-electron chi connectivity index (χ1n) is 9.92. The molecule has 0 saturated heterocycles. The average molecular weight is 405 g/mol. The van der Waals surface area contributed by atoms with E-state index in [9.17, 15) is 4.79 Å². The number of hydrogen-bond acceptors (Lipinski definition) is 5. The van der Waals surface area contributed by atoms with Crippen molar-refractivity contribution in [2.75, 3.05) is 27.2 Å². The Balaban J connectivity index is 1.79. The monoisotopic (exact) mass is 405 g/mol. The third-order valence-corrected chi connectivity index (χ3v) is 4.43. The zero-order chi connectivity index (χ0) is 21.2. The van der Waals surface area contributed by atoms with Crippen LogP contribution >= 0.6 is 0 Å². The van der Waals surface area contributed by atoms with E-state index >= 15 is 0 Å². The lowest BCUT2D eigenvalue weighted by molar-refractivity contribution is 0.0475. The fourth-order valence-corrected chi connectivity index (χ4v) is 2.80. The van der Waals surface area contributed by atoms with Gasteiger partial charge in [-0.1, -0.05) is 66.7 Å². The van der Waals surface area contributed by atoms with Crippen molar-refractivity contribution in [2.45, 2.75) is 13.2 Å². The summed E-state index contributed by atoms with van der Waals surface area (Å²) in [5.41, 5.74) is 2.39. The van der Waals surface area contributed by atoms with E-state index in [4.69, 9.17) is 14.2 Å². The van der Waals surface area contributed by atoms with Crippen LogP contribution in [0, 0.1) is 0 Å². The second-order valence-corrected chi connectivity index (χ2v) is 7.12. The second-order valence-electron chi connectivity index (χ2n) is 7.12. The van der Waals surface area contributed by atoms with Crippen LogP contribution in [0.3, 0.4) is 0 Å². The molecule has 0 saturated carbocycles. The summed E-state index contributed by atoms with van der Waals surface area (Å²) in [6, 6.07) is 25.0. The van der Waals surface area contributed by atoms with Crippen LogP contribution in [0.15, 0.2) is 78.9 Å². The zero-order valence-electron chi connectivity index (χ0n) is 17.4. The number of ether oxygens (including phenoxy) is 3. The number of esters is 1. The molecule has 3 rings (SSSR count). The van der Waals surface area contributed by atoms with Gasteiger partial charge in [-0.05, 0) is 37.4 Å². The molecule has 0 aromatic heterocycles. The van der Waals surface area contributed by atoms with Crippen LogP contribution in [0.4, 0.5) is 0 Å². The molecular formula is C25H27NO4. The topological polar surface area (TPSA) is 48.0 Å². The summed E-state index contributed by atoms with van der Waals surface area (Å²) in [7, 11) is 3.86. The minimum atomic E-state index is -0.426. The van der Waals surface area contributed by atoms with Gasteiger partial charge in [-0.25, -0.2) is 4.79 Å². The molecule has 0 spiro atoms. The van der Waals surface area contributed by atoms with Crippen LogP contribution in [-0.4, -0.2) is 38.1 Å². The average Bonchev–Trinajstić information content (AvgIpc) is 2.77. The largest absolute Gasteiger partial charge is 0.485 e. The van der Waals surface area contributed by atoms with Gasteiger partial charge >= 0.3 is 5.97 Å². The summed E-state index contributed by atoms with van der Waals surface area (Å²) in [6.45, 7) is 1.65. The number of nitrogens with zero attached hydrogens (tertiary/aromatic N) is 1. The van der Waals surface area contributed by atoms with Crippen LogP contribution in [-0.2, 0) is 18.0 Å². The Kier molecular flexibility index (Phi) is 7.86. The Morgan fingerprint density at radius 3 is 1.97 bits per heavy atom. The van der Waals surface area contributed by atoms with Gasteiger partial charge in [0.15, 0.2) is 11.5 Å². The summed E-state index contributed by atoms with van der Waals surface area (Å²) in [4.78, 5) is 14.7. The molecule has 0 amide bonds. The predicted octanol–water partition coefficient (Wildman–Crippen LogP) is 4.56. The van der Waals surface area contributed by atoms with E-state index < -0.39 is 5.97 Å². The molecular weight excluding hydrogens is 378 g/mol. The van der Waals surface area contributed by atoms with Crippen molar-refractivity contribution in [1.82, 2.24) is 4.90 Å². The zero-order valence-corrected chi connectivity index (χ0v) is 17.4. The maximum Gasteiger partial charge on any atom is 0.342 e. The van der Waals surface area contributed by atoms with Crippen molar-refractivity contribution < 1.29 is 19.0 Å². The molecule has 0 bridgehead atoms. The molecule has 3 aromatic carbocycles. The van der Waals surface area contributed by atoms with E-state index in [0.717, 1.165) is 11.1 Å². The van der Waals surface area contributed by atoms with E-state index in [1.165, 1.54) is 0 Å². The molecule has 0 unspecified atom stereocenters. The second kappa shape index (κ2) is 11.0. The maximum atomic E-state index is 12.7. The van der Waals surface area contributed by atoms with Gasteiger partial charge in [0, 0.05) is 6.54 Å². The molecule has 0 aliphatic carbocycles. The predicted molar refractivity (Wildman–Crippen MR) is 117 cm³/mol. The van der Waals surface area contributed by atoms with Gasteiger partial charge in [0.2, 0.25) is 0 Å². The van der Waals surface area contributed by atoms with Gasteiger partial charge in [-0.3, -0.25) is 0 Å². The SMILES string of the molecule is CN(C)CCOC(=O)c1cccc(OCc2ccccc2)c1OCc1ccccc1. The molecule has 0 radical (unpaired) electrons. The fraction of sp³-hybridized carbons (Fsp3) is 0.240. The number of carbonyl (C=O) groups is 1. The molecule has 0 aliphatic rings. The first-order valence-corrected chi connectivity index (χ1v) is 9.92. The molecule has 0 N–H and O–H groups in total. The highest BCUT2D eigenvalue weighted by Crippen LogP contribution is 2.33. The minimum Gasteiger partial charge on any atom is -0.485 e. The summed E-state index contributed by atoms with van der Waals surface area (Å²) < 4.78 is 17.5. The Hall–Kier alpha value is -3.31. The van der Waals surface area contributed by atoms with E-state index in [2.05, 4.69) is 0 Å². The Bertz CT molecular complexity index is 926. The summed E-state index contributed by atoms with van der Waals surface area (Å²) >= 11 is 0. The number of para-hydroxylation sites is 1. The highest BCUT2D eigenvalue weighted by molar-refractivity contribution is 5.93. The van der Waals surface area contributed by atoms with Gasteiger partial charge in [0.05, 0.1) is 0 Å². The van der Waals surface area contributed by atoms with Crippen molar-refractivity contribution >= 4 is 5.97 Å². The highest BCUT2D eigenvalue weighted by atomic mass is 16.5. The van der Waals surface area contributed by atoms with E-state index in [1.54, 1.807) is 18.2 Å². The molecule has 0 atom stereocenters. The Labute approximate surface area is 177 Å². The molecule has 0 fully saturated rings. The van der Waals surface area contributed by atoms with Crippen molar-refractivity contribution in [3.8, 4) is 11.5 Å². The molecule has 5 nitrogen and oxygen atoms in total. The Morgan fingerprint density at radius 1 is 0.767 bits per heavy atom. The smallest absolute Gasteiger partial charge is 0.342 e. The van der Waals surface area contributed by atoms with E-state index in [-0.39, 0.29) is 0 Å². The van der Waals surface area contributed by atoms with Crippen LogP contribution in [0.2, 0.25) is 0 Å². The number of hydrogen-bond donors (Lipinski definition) is 0. The summed E-state index contributed by atoms with van der Waals surface area (Å²) in [6.07, 6.45) is 0. The minimum absolute atomic E-state index is 0.305. The summed E-state index contributed by atoms with van der Waals surface area (Å²) in [5.74, 6) is 0.481. The number of likely N-dealkylation sites (N-methyl/N-ethyl adjacent to an activating group) is 1. The highest BCUT2D eigenvalue weighted by Gasteiger charge is 2.19. The van der Waals surface area contributed by atoms with Gasteiger partial charge < -0.3 is 19.1 Å².